The minimum Gasteiger partial charge on any atom is -0.488 e. The Balaban J connectivity index is 1.04. The third kappa shape index (κ3) is 9.16. The van der Waals surface area contributed by atoms with E-state index in [1.807, 2.05) is 56.7 Å². The molecule has 8 rings (SSSR count). The zero-order chi connectivity index (χ0) is 47.0. The Labute approximate surface area is 385 Å². The highest BCUT2D eigenvalue weighted by Crippen LogP contribution is 2.44. The van der Waals surface area contributed by atoms with Crippen LogP contribution in [-0.4, -0.2) is 105 Å². The van der Waals surface area contributed by atoms with Crippen molar-refractivity contribution in [2.45, 2.75) is 124 Å². The van der Waals surface area contributed by atoms with Crippen molar-refractivity contribution >= 4 is 45.8 Å². The summed E-state index contributed by atoms with van der Waals surface area (Å²) >= 11 is 0. The van der Waals surface area contributed by atoms with Crippen molar-refractivity contribution in [1.29, 1.82) is 0 Å². The van der Waals surface area contributed by atoms with Crippen molar-refractivity contribution in [1.82, 2.24) is 40.4 Å². The molecule has 5 aromatic rings. The normalized spacial score (nSPS) is 19.2. The predicted molar refractivity (Wildman–Crippen MR) is 250 cm³/mol. The SMILES string of the molecule is COC(=O)NC(C(=O)N1[C@@H](C)CC[C@H]1c1ncc(-c2ccc3c(c2)COc2cc4c(ccc5[nH]c(CN(C(=O)[C@@H](NC(=O)OC)C(C)C)[C@@H](C)CC(C)C)nc54)cc2-3)[nH]1)C1(C)CCOCC1. The number of methoxy groups -OCH3 is 2. The van der Waals surface area contributed by atoms with E-state index in [4.69, 9.17) is 28.9 Å². The third-order valence-electron chi connectivity index (χ3n) is 13.9. The smallest absolute Gasteiger partial charge is 0.407 e. The van der Waals surface area contributed by atoms with E-state index in [1.54, 1.807) is 0 Å². The number of benzene rings is 3. The zero-order valence-corrected chi connectivity index (χ0v) is 39.6. The van der Waals surface area contributed by atoms with Crippen LogP contribution in [0.25, 0.3) is 44.2 Å². The zero-order valence-electron chi connectivity index (χ0n) is 39.6. The molecule has 16 nitrogen and oxygen atoms in total. The van der Waals surface area contributed by atoms with Crippen LogP contribution in [0.4, 0.5) is 9.59 Å². The molecule has 4 amide bonds. The molecule has 0 bridgehead atoms. The Kier molecular flexibility index (Phi) is 13.3. The minimum atomic E-state index is -0.770. The molecule has 4 N–H and O–H groups in total. The van der Waals surface area contributed by atoms with Crippen LogP contribution in [0, 0.1) is 17.3 Å². The molecule has 1 unspecified atom stereocenters. The second kappa shape index (κ2) is 19.0. The summed E-state index contributed by atoms with van der Waals surface area (Å²) in [5, 5.41) is 7.56. The van der Waals surface area contributed by atoms with E-state index in [2.05, 4.69) is 70.8 Å². The van der Waals surface area contributed by atoms with Gasteiger partial charge < -0.3 is 49.3 Å². The summed E-state index contributed by atoms with van der Waals surface area (Å²) in [7, 11) is 2.60. The van der Waals surface area contributed by atoms with Crippen LogP contribution in [0.1, 0.15) is 104 Å². The van der Waals surface area contributed by atoms with Gasteiger partial charge >= 0.3 is 12.2 Å². The molecule has 0 spiro atoms. The number of alkyl carbamates (subject to hydrolysis) is 2. The van der Waals surface area contributed by atoms with Gasteiger partial charge in [0.15, 0.2) is 0 Å². The number of nitrogens with one attached hydrogen (secondary N) is 4. The highest BCUT2D eigenvalue weighted by atomic mass is 16.5. The van der Waals surface area contributed by atoms with Crippen LogP contribution in [0.5, 0.6) is 5.75 Å². The van der Waals surface area contributed by atoms with Gasteiger partial charge in [0, 0.05) is 41.7 Å². The standard InChI is InChI=1S/C50H64N8O8/c1-27(2)20-30(6)57(46(59)42(28(3)4)55-48(61)63-8)25-41-52-37-14-12-31-22-36-34-13-11-32(21-33(34)26-66-40(36)23-35(31)43(37)54-41)38-24-51-45(53-38)39-15-10-29(5)58(39)47(60)44(56-49(62)64-9)50(7)16-18-65-19-17-50/h11-14,21-24,27-30,39,42,44H,10,15-20,25-26H2,1-9H3,(H,51,53)(H,52,54)(H,55,61)(H,56,62)/t29-,30-,39-,42-,44?/m0/s1. The van der Waals surface area contributed by atoms with E-state index < -0.39 is 29.7 Å². The maximum absolute atomic E-state index is 14.5. The van der Waals surface area contributed by atoms with Gasteiger partial charge in [0.1, 0.15) is 36.1 Å². The maximum Gasteiger partial charge on any atom is 0.407 e. The number of imidazole rings is 2. The van der Waals surface area contributed by atoms with Gasteiger partial charge in [-0.3, -0.25) is 9.59 Å². The van der Waals surface area contributed by atoms with E-state index >= 15 is 0 Å². The number of amides is 4. The first-order chi connectivity index (χ1) is 31.6. The molecule has 0 aliphatic carbocycles. The van der Waals surface area contributed by atoms with Gasteiger partial charge in [0.25, 0.3) is 0 Å². The monoisotopic (exact) mass is 904 g/mol. The first-order valence-corrected chi connectivity index (χ1v) is 23.2. The number of likely N-dealkylation sites (tertiary alicyclic amines) is 1. The van der Waals surface area contributed by atoms with Crippen molar-refractivity contribution in [3.63, 3.8) is 0 Å². The lowest BCUT2D eigenvalue weighted by Gasteiger charge is -2.42. The van der Waals surface area contributed by atoms with Gasteiger partial charge in [0.05, 0.1) is 49.7 Å². The highest BCUT2D eigenvalue weighted by molar-refractivity contribution is 6.07. The van der Waals surface area contributed by atoms with Gasteiger partial charge in [-0.05, 0) is 104 Å². The maximum atomic E-state index is 14.5. The number of fused-ring (bicyclic) bond motifs is 6. The molecular weight excluding hydrogens is 841 g/mol. The van der Waals surface area contributed by atoms with Crippen molar-refractivity contribution in [3.8, 4) is 28.1 Å². The van der Waals surface area contributed by atoms with Crippen molar-refractivity contribution in [3.05, 3.63) is 65.9 Å². The number of carbonyl (C=O) groups excluding carboxylic acids is 4. The summed E-state index contributed by atoms with van der Waals surface area (Å²) in [5.41, 5.74) is 6.02. The lowest BCUT2D eigenvalue weighted by Crippen LogP contribution is -2.58. The van der Waals surface area contributed by atoms with Gasteiger partial charge in [0.2, 0.25) is 11.8 Å². The van der Waals surface area contributed by atoms with Crippen LogP contribution >= 0.6 is 0 Å². The summed E-state index contributed by atoms with van der Waals surface area (Å²) < 4.78 is 21.9. The van der Waals surface area contributed by atoms with Crippen molar-refractivity contribution < 1.29 is 38.1 Å². The van der Waals surface area contributed by atoms with E-state index in [1.165, 1.54) is 14.2 Å². The Bertz CT molecular complexity index is 2610. The molecule has 2 fully saturated rings. The Morgan fingerprint density at radius 1 is 0.939 bits per heavy atom. The van der Waals surface area contributed by atoms with Gasteiger partial charge in [-0.2, -0.15) is 0 Å². The summed E-state index contributed by atoms with van der Waals surface area (Å²) in [4.78, 5) is 74.0. The summed E-state index contributed by atoms with van der Waals surface area (Å²) in [6, 6.07) is 12.7. The second-order valence-corrected chi connectivity index (χ2v) is 19.4. The molecule has 5 atom stereocenters. The molecule has 0 radical (unpaired) electrons. The van der Waals surface area contributed by atoms with Crippen LogP contribution in [-0.2, 0) is 37.0 Å². The van der Waals surface area contributed by atoms with Crippen LogP contribution in [0.15, 0.2) is 48.7 Å². The number of hydrogen-bond donors (Lipinski definition) is 4. The van der Waals surface area contributed by atoms with E-state index in [-0.39, 0.29) is 42.4 Å². The molecule has 3 aliphatic heterocycles. The molecule has 2 saturated heterocycles. The number of rotatable bonds is 13. The van der Waals surface area contributed by atoms with Gasteiger partial charge in [-0.1, -0.05) is 52.8 Å². The summed E-state index contributed by atoms with van der Waals surface area (Å²) in [6.07, 6.45) is 4.16. The molecule has 16 heteroatoms. The molecule has 0 saturated carbocycles. The fourth-order valence-electron chi connectivity index (χ4n) is 10.1. The average molecular weight is 905 g/mol. The van der Waals surface area contributed by atoms with E-state index in [0.717, 1.165) is 74.8 Å². The molecule has 3 aromatic carbocycles. The fourth-order valence-corrected chi connectivity index (χ4v) is 10.1. The van der Waals surface area contributed by atoms with Crippen LogP contribution in [0.2, 0.25) is 0 Å². The number of nitrogens with zero attached hydrogens (tertiary/aromatic N) is 4. The number of hydrogen-bond acceptors (Lipinski definition) is 10. The fraction of sp³-hybridized carbons (Fsp3) is 0.520. The van der Waals surface area contributed by atoms with E-state index in [9.17, 15) is 19.2 Å². The largest absolute Gasteiger partial charge is 0.488 e. The quantitative estimate of drug-likeness (QED) is 0.0892. The average Bonchev–Trinajstić information content (AvgIpc) is 4.06. The second-order valence-electron chi connectivity index (χ2n) is 19.4. The van der Waals surface area contributed by atoms with Crippen molar-refractivity contribution in [2.75, 3.05) is 27.4 Å². The minimum absolute atomic E-state index is 0.0464. The van der Waals surface area contributed by atoms with Crippen molar-refractivity contribution in [2.24, 2.45) is 17.3 Å². The number of aromatic amines is 2. The lowest BCUT2D eigenvalue weighted by atomic mass is 9.75. The van der Waals surface area contributed by atoms with Gasteiger partial charge in [-0.15, -0.1) is 0 Å². The van der Waals surface area contributed by atoms with Crippen LogP contribution < -0.4 is 15.4 Å². The third-order valence-corrected chi connectivity index (χ3v) is 13.9. The molecular formula is C50H64N8O8. The first-order valence-electron chi connectivity index (χ1n) is 23.2. The lowest BCUT2D eigenvalue weighted by molar-refractivity contribution is -0.141. The number of ether oxygens (including phenoxy) is 4. The Morgan fingerprint density at radius 3 is 2.39 bits per heavy atom. The summed E-state index contributed by atoms with van der Waals surface area (Å²) in [6.45, 7) is 15.9. The molecule has 3 aliphatic rings. The van der Waals surface area contributed by atoms with Gasteiger partial charge in [-0.25, -0.2) is 19.6 Å². The first kappa shape index (κ1) is 46.4. The summed E-state index contributed by atoms with van der Waals surface area (Å²) in [5.74, 6) is 1.97. The Morgan fingerprint density at radius 2 is 1.68 bits per heavy atom. The number of H-pyrrole nitrogens is 2. The molecule has 2 aromatic heterocycles. The van der Waals surface area contributed by atoms with E-state index in [0.29, 0.717) is 50.2 Å². The molecule has 66 heavy (non-hydrogen) atoms. The number of carbonyl (C=O) groups is 4. The van der Waals surface area contributed by atoms with Crippen LogP contribution in [0.3, 0.4) is 0 Å². The predicted octanol–water partition coefficient (Wildman–Crippen LogP) is 8.40. The highest BCUT2D eigenvalue weighted by Gasteiger charge is 2.48. The Hall–Kier alpha value is -6.16. The molecule has 352 valence electrons. The topological polar surface area (TPSA) is 193 Å². The molecule has 5 heterocycles. The number of aromatic nitrogens is 4.